The lowest BCUT2D eigenvalue weighted by molar-refractivity contribution is -0.111. The van der Waals surface area contributed by atoms with Crippen molar-refractivity contribution in [3.05, 3.63) is 30.4 Å². The third kappa shape index (κ3) is 4.04. The maximum absolute atomic E-state index is 12.2. The van der Waals surface area contributed by atoms with Gasteiger partial charge >= 0.3 is 6.61 Å². The molecule has 0 saturated carbocycles. The van der Waals surface area contributed by atoms with Crippen molar-refractivity contribution in [2.45, 2.75) is 13.5 Å². The van der Waals surface area contributed by atoms with Crippen LogP contribution in [-0.2, 0) is 4.79 Å². The summed E-state index contributed by atoms with van der Waals surface area (Å²) in [5, 5.41) is 2.50. The van der Waals surface area contributed by atoms with Crippen molar-refractivity contribution in [1.82, 2.24) is 0 Å². The van der Waals surface area contributed by atoms with E-state index in [1.165, 1.54) is 31.4 Å². The average Bonchev–Trinajstić information content (AvgIpc) is 2.28. The molecule has 6 heteroatoms. The number of methoxy groups -OCH3 is 1. The quantitative estimate of drug-likeness (QED) is 0.825. The highest BCUT2D eigenvalue weighted by molar-refractivity contribution is 5.99. The zero-order valence-electron chi connectivity index (χ0n) is 9.94. The SMILES string of the molecule is CC=CC(=O)Nc1ccc(OC)c(OC(F)F)c1. The minimum atomic E-state index is -2.96. The molecule has 0 radical (unpaired) electrons. The molecule has 1 N–H and O–H groups in total. The summed E-state index contributed by atoms with van der Waals surface area (Å²) >= 11 is 0. The molecule has 1 rings (SSSR count). The van der Waals surface area contributed by atoms with Crippen molar-refractivity contribution in [2.24, 2.45) is 0 Å². The number of ether oxygens (including phenoxy) is 2. The molecule has 1 amide bonds. The Kier molecular flexibility index (Phi) is 5.10. The van der Waals surface area contributed by atoms with Gasteiger partial charge in [0.1, 0.15) is 0 Å². The Morgan fingerprint density at radius 2 is 2.11 bits per heavy atom. The van der Waals surface area contributed by atoms with E-state index in [2.05, 4.69) is 10.1 Å². The van der Waals surface area contributed by atoms with Gasteiger partial charge in [-0.25, -0.2) is 0 Å². The number of allylic oxidation sites excluding steroid dienone is 1. The van der Waals surface area contributed by atoms with Crippen LogP contribution in [0.4, 0.5) is 14.5 Å². The van der Waals surface area contributed by atoms with Crippen LogP contribution >= 0.6 is 0 Å². The Bertz CT molecular complexity index is 447. The molecule has 98 valence electrons. The van der Waals surface area contributed by atoms with Crippen LogP contribution in [0.2, 0.25) is 0 Å². The van der Waals surface area contributed by atoms with Crippen LogP contribution in [0.25, 0.3) is 0 Å². The zero-order valence-corrected chi connectivity index (χ0v) is 9.94. The third-order valence-electron chi connectivity index (χ3n) is 1.97. The number of benzene rings is 1. The second-order valence-corrected chi connectivity index (χ2v) is 3.23. The minimum absolute atomic E-state index is 0.134. The summed E-state index contributed by atoms with van der Waals surface area (Å²) in [6.45, 7) is -1.26. The standard InChI is InChI=1S/C12H13F2NO3/c1-3-4-11(16)15-8-5-6-9(17-2)10(7-8)18-12(13)14/h3-7,12H,1-2H3,(H,15,16). The van der Waals surface area contributed by atoms with Crippen LogP contribution in [-0.4, -0.2) is 19.6 Å². The number of rotatable bonds is 5. The van der Waals surface area contributed by atoms with E-state index in [0.717, 1.165) is 0 Å². The summed E-state index contributed by atoms with van der Waals surface area (Å²) in [4.78, 5) is 11.3. The fourth-order valence-electron chi connectivity index (χ4n) is 1.28. The number of nitrogens with one attached hydrogen (secondary N) is 1. The molecule has 0 fully saturated rings. The average molecular weight is 257 g/mol. The number of carbonyl (C=O) groups is 1. The normalized spacial score (nSPS) is 10.7. The van der Waals surface area contributed by atoms with E-state index in [-0.39, 0.29) is 17.4 Å². The number of hydrogen-bond acceptors (Lipinski definition) is 3. The Morgan fingerprint density at radius 3 is 2.67 bits per heavy atom. The lowest BCUT2D eigenvalue weighted by atomic mass is 10.2. The molecule has 0 aromatic heterocycles. The minimum Gasteiger partial charge on any atom is -0.493 e. The Hall–Kier alpha value is -2.11. The molecule has 1 aromatic carbocycles. The molecule has 1 aromatic rings. The molecule has 0 unspecified atom stereocenters. The predicted molar refractivity (Wildman–Crippen MR) is 63.1 cm³/mol. The van der Waals surface area contributed by atoms with E-state index in [4.69, 9.17) is 4.74 Å². The summed E-state index contributed by atoms with van der Waals surface area (Å²) in [7, 11) is 1.34. The lowest BCUT2D eigenvalue weighted by Crippen LogP contribution is -2.09. The van der Waals surface area contributed by atoms with Gasteiger partial charge in [0, 0.05) is 11.8 Å². The van der Waals surface area contributed by atoms with Crippen LogP contribution in [0, 0.1) is 0 Å². The van der Waals surface area contributed by atoms with Crippen LogP contribution in [0.5, 0.6) is 11.5 Å². The molecule has 0 heterocycles. The first kappa shape index (κ1) is 14.0. The predicted octanol–water partition coefficient (Wildman–Crippen LogP) is 2.81. The molecule has 0 saturated heterocycles. The first-order valence-corrected chi connectivity index (χ1v) is 5.13. The third-order valence-corrected chi connectivity index (χ3v) is 1.97. The van der Waals surface area contributed by atoms with Gasteiger partial charge in [0.2, 0.25) is 5.91 Å². The number of amides is 1. The maximum Gasteiger partial charge on any atom is 0.387 e. The lowest BCUT2D eigenvalue weighted by Gasteiger charge is -2.11. The maximum atomic E-state index is 12.2. The number of halogens is 2. The topological polar surface area (TPSA) is 47.6 Å². The largest absolute Gasteiger partial charge is 0.493 e. The fourth-order valence-corrected chi connectivity index (χ4v) is 1.28. The highest BCUT2D eigenvalue weighted by Crippen LogP contribution is 2.31. The highest BCUT2D eigenvalue weighted by Gasteiger charge is 2.11. The van der Waals surface area contributed by atoms with Gasteiger partial charge < -0.3 is 14.8 Å². The molecule has 0 aliphatic carbocycles. The Labute approximate surface area is 103 Å². The number of anilines is 1. The van der Waals surface area contributed by atoms with E-state index in [1.807, 2.05) is 0 Å². The van der Waals surface area contributed by atoms with Crippen LogP contribution in [0.3, 0.4) is 0 Å². The second kappa shape index (κ2) is 6.58. The van der Waals surface area contributed by atoms with Gasteiger partial charge in [-0.2, -0.15) is 8.78 Å². The molecule has 18 heavy (non-hydrogen) atoms. The summed E-state index contributed by atoms with van der Waals surface area (Å²) in [5.74, 6) is -0.323. The zero-order chi connectivity index (χ0) is 13.5. The molecule has 0 atom stereocenters. The fraction of sp³-hybridized carbons (Fsp3) is 0.250. The summed E-state index contributed by atoms with van der Waals surface area (Å²) in [6.07, 6.45) is 2.88. The van der Waals surface area contributed by atoms with Gasteiger partial charge in [0.15, 0.2) is 11.5 Å². The van der Waals surface area contributed by atoms with Crippen molar-refractivity contribution in [3.63, 3.8) is 0 Å². The summed E-state index contributed by atoms with van der Waals surface area (Å²) in [6, 6.07) is 4.23. The number of alkyl halides is 2. The van der Waals surface area contributed by atoms with Crippen molar-refractivity contribution in [1.29, 1.82) is 0 Å². The van der Waals surface area contributed by atoms with Crippen molar-refractivity contribution < 1.29 is 23.0 Å². The van der Waals surface area contributed by atoms with Crippen LogP contribution in [0.1, 0.15) is 6.92 Å². The molecule has 0 aliphatic rings. The number of carbonyl (C=O) groups excluding carboxylic acids is 1. The van der Waals surface area contributed by atoms with Gasteiger partial charge in [-0.05, 0) is 25.1 Å². The van der Waals surface area contributed by atoms with E-state index in [9.17, 15) is 13.6 Å². The molecular weight excluding hydrogens is 244 g/mol. The first-order chi connectivity index (χ1) is 8.56. The summed E-state index contributed by atoms with van der Waals surface area (Å²) < 4.78 is 33.5. The second-order valence-electron chi connectivity index (χ2n) is 3.23. The van der Waals surface area contributed by atoms with E-state index in [0.29, 0.717) is 5.69 Å². The molecule has 0 bridgehead atoms. The van der Waals surface area contributed by atoms with Crippen molar-refractivity contribution >= 4 is 11.6 Å². The molecule has 0 aliphatic heterocycles. The number of hydrogen-bond donors (Lipinski definition) is 1. The highest BCUT2D eigenvalue weighted by atomic mass is 19.3. The first-order valence-electron chi connectivity index (χ1n) is 5.13. The smallest absolute Gasteiger partial charge is 0.387 e. The molecule has 4 nitrogen and oxygen atoms in total. The summed E-state index contributed by atoms with van der Waals surface area (Å²) in [5.41, 5.74) is 0.342. The van der Waals surface area contributed by atoms with Crippen molar-refractivity contribution in [3.8, 4) is 11.5 Å². The van der Waals surface area contributed by atoms with Gasteiger partial charge in [-0.1, -0.05) is 6.08 Å². The molecule has 0 spiro atoms. The van der Waals surface area contributed by atoms with Gasteiger partial charge in [-0.3, -0.25) is 4.79 Å². The van der Waals surface area contributed by atoms with Crippen LogP contribution < -0.4 is 14.8 Å². The van der Waals surface area contributed by atoms with E-state index >= 15 is 0 Å². The Balaban J connectivity index is 2.91. The monoisotopic (exact) mass is 257 g/mol. The van der Waals surface area contributed by atoms with Crippen LogP contribution in [0.15, 0.2) is 30.4 Å². The molecular formula is C12H13F2NO3. The van der Waals surface area contributed by atoms with Gasteiger partial charge in [0.25, 0.3) is 0 Å². The Morgan fingerprint density at radius 1 is 1.39 bits per heavy atom. The van der Waals surface area contributed by atoms with E-state index < -0.39 is 6.61 Å². The van der Waals surface area contributed by atoms with Crippen molar-refractivity contribution in [2.75, 3.05) is 12.4 Å². The van der Waals surface area contributed by atoms with E-state index in [1.54, 1.807) is 13.0 Å². The van der Waals surface area contributed by atoms with Gasteiger partial charge in [-0.15, -0.1) is 0 Å². The van der Waals surface area contributed by atoms with Gasteiger partial charge in [0.05, 0.1) is 7.11 Å².